The van der Waals surface area contributed by atoms with Crippen LogP contribution in [0.2, 0.25) is 0 Å². The summed E-state index contributed by atoms with van der Waals surface area (Å²) in [7, 11) is 1.83. The zero-order valence-corrected chi connectivity index (χ0v) is 17.8. The molecule has 3 aromatic rings. The van der Waals surface area contributed by atoms with Gasteiger partial charge in [-0.3, -0.25) is 9.36 Å². The Bertz CT molecular complexity index is 893. The third-order valence-corrected chi connectivity index (χ3v) is 6.52. The maximum atomic E-state index is 12.5. The Morgan fingerprint density at radius 3 is 2.92 bits per heavy atom. The molecule has 136 valence electrons. The van der Waals surface area contributed by atoms with E-state index >= 15 is 0 Å². The Morgan fingerprint density at radius 2 is 2.19 bits per heavy atom. The predicted molar refractivity (Wildman–Crippen MR) is 110 cm³/mol. The summed E-state index contributed by atoms with van der Waals surface area (Å²) in [5, 5.41) is 11.0. The van der Waals surface area contributed by atoms with Crippen LogP contribution in [0.25, 0.3) is 5.69 Å². The van der Waals surface area contributed by atoms with Crippen LogP contribution >= 0.6 is 39.0 Å². The molecule has 5 nitrogen and oxygen atoms in total. The molecule has 0 spiro atoms. The van der Waals surface area contributed by atoms with E-state index in [1.807, 2.05) is 35.2 Å². The van der Waals surface area contributed by atoms with Crippen molar-refractivity contribution in [3.05, 3.63) is 57.0 Å². The Kier molecular flexibility index (Phi) is 6.50. The molecule has 0 saturated carbocycles. The third-order valence-electron chi connectivity index (χ3n) is 3.91. The van der Waals surface area contributed by atoms with Crippen LogP contribution in [0, 0.1) is 0 Å². The van der Waals surface area contributed by atoms with Crippen LogP contribution in [0.15, 0.2) is 51.7 Å². The SMILES string of the molecule is CCc1ccccc1-n1cnnc1SCC(=O)N(C)Cc1cc(Br)cs1. The normalized spacial score (nSPS) is 10.9. The Hall–Kier alpha value is -1.64. The quantitative estimate of drug-likeness (QED) is 0.500. The molecule has 0 fully saturated rings. The first-order chi connectivity index (χ1) is 12.6. The van der Waals surface area contributed by atoms with Crippen LogP contribution in [-0.4, -0.2) is 38.4 Å². The molecule has 0 atom stereocenters. The number of thiophene rings is 1. The lowest BCUT2D eigenvalue weighted by Crippen LogP contribution is -2.27. The van der Waals surface area contributed by atoms with E-state index in [4.69, 9.17) is 0 Å². The van der Waals surface area contributed by atoms with E-state index in [0.717, 1.165) is 26.6 Å². The molecule has 3 rings (SSSR count). The number of hydrogen-bond donors (Lipinski definition) is 0. The molecular weight excluding hydrogens is 432 g/mol. The van der Waals surface area contributed by atoms with Gasteiger partial charge < -0.3 is 4.90 Å². The zero-order chi connectivity index (χ0) is 18.5. The van der Waals surface area contributed by atoms with Crippen LogP contribution in [0.1, 0.15) is 17.4 Å². The molecule has 1 aromatic carbocycles. The molecule has 0 bridgehead atoms. The second-order valence-electron chi connectivity index (χ2n) is 5.74. The molecule has 0 unspecified atom stereocenters. The Labute approximate surface area is 169 Å². The van der Waals surface area contributed by atoms with Gasteiger partial charge in [0.15, 0.2) is 5.16 Å². The highest BCUT2D eigenvalue weighted by molar-refractivity contribution is 9.10. The average molecular weight is 451 g/mol. The van der Waals surface area contributed by atoms with Gasteiger partial charge in [0, 0.05) is 21.8 Å². The van der Waals surface area contributed by atoms with Crippen LogP contribution in [0.5, 0.6) is 0 Å². The van der Waals surface area contributed by atoms with Crippen molar-refractivity contribution < 1.29 is 4.79 Å². The summed E-state index contributed by atoms with van der Waals surface area (Å²) in [5.41, 5.74) is 2.28. The summed E-state index contributed by atoms with van der Waals surface area (Å²) >= 11 is 6.50. The van der Waals surface area contributed by atoms with Gasteiger partial charge >= 0.3 is 0 Å². The molecular formula is C18H19BrN4OS2. The summed E-state index contributed by atoms with van der Waals surface area (Å²) < 4.78 is 3.00. The minimum absolute atomic E-state index is 0.0675. The first-order valence-electron chi connectivity index (χ1n) is 8.16. The molecule has 2 aromatic heterocycles. The third kappa shape index (κ3) is 4.55. The largest absolute Gasteiger partial charge is 0.340 e. The van der Waals surface area contributed by atoms with Gasteiger partial charge in [-0.05, 0) is 40.0 Å². The van der Waals surface area contributed by atoms with Crippen molar-refractivity contribution >= 4 is 44.9 Å². The Morgan fingerprint density at radius 1 is 1.38 bits per heavy atom. The topological polar surface area (TPSA) is 51.0 Å². The standard InChI is InChI=1S/C18H19BrN4OS2/c1-3-13-6-4-5-7-16(13)23-12-20-21-18(23)26-11-17(24)22(2)9-15-8-14(19)10-25-15/h4-8,10,12H,3,9,11H2,1-2H3. The summed E-state index contributed by atoms with van der Waals surface area (Å²) in [6, 6.07) is 10.2. The highest BCUT2D eigenvalue weighted by Crippen LogP contribution is 2.24. The van der Waals surface area contributed by atoms with Crippen LogP contribution in [0.3, 0.4) is 0 Å². The van der Waals surface area contributed by atoms with E-state index in [0.29, 0.717) is 12.3 Å². The minimum atomic E-state index is 0.0675. The number of carbonyl (C=O) groups excluding carboxylic acids is 1. The van der Waals surface area contributed by atoms with Crippen molar-refractivity contribution in [3.8, 4) is 5.69 Å². The Balaban J connectivity index is 1.65. The van der Waals surface area contributed by atoms with Crippen molar-refractivity contribution in [2.24, 2.45) is 0 Å². The molecule has 0 aliphatic carbocycles. The number of amides is 1. The molecule has 0 N–H and O–H groups in total. The molecule has 0 aliphatic rings. The van der Waals surface area contributed by atoms with E-state index in [1.165, 1.54) is 17.3 Å². The number of carbonyl (C=O) groups is 1. The summed E-state index contributed by atoms with van der Waals surface area (Å²) in [5.74, 6) is 0.397. The summed E-state index contributed by atoms with van der Waals surface area (Å²) in [4.78, 5) is 15.4. The number of aryl methyl sites for hydroxylation is 1. The number of aromatic nitrogens is 3. The number of halogens is 1. The second kappa shape index (κ2) is 8.83. The smallest absolute Gasteiger partial charge is 0.233 e. The highest BCUT2D eigenvalue weighted by Gasteiger charge is 2.15. The summed E-state index contributed by atoms with van der Waals surface area (Å²) in [6.07, 6.45) is 2.63. The van der Waals surface area contributed by atoms with Crippen molar-refractivity contribution in [2.45, 2.75) is 25.0 Å². The number of para-hydroxylation sites is 1. The highest BCUT2D eigenvalue weighted by atomic mass is 79.9. The fourth-order valence-electron chi connectivity index (χ4n) is 2.53. The van der Waals surface area contributed by atoms with Gasteiger partial charge in [-0.2, -0.15) is 0 Å². The van der Waals surface area contributed by atoms with Gasteiger partial charge in [0.1, 0.15) is 6.33 Å². The fraction of sp³-hybridized carbons (Fsp3) is 0.278. The number of nitrogens with zero attached hydrogens (tertiary/aromatic N) is 4. The van der Waals surface area contributed by atoms with Gasteiger partial charge in [0.25, 0.3) is 0 Å². The molecule has 26 heavy (non-hydrogen) atoms. The van der Waals surface area contributed by atoms with E-state index in [1.54, 1.807) is 22.6 Å². The maximum Gasteiger partial charge on any atom is 0.233 e. The lowest BCUT2D eigenvalue weighted by Gasteiger charge is -2.16. The van der Waals surface area contributed by atoms with Gasteiger partial charge in [-0.15, -0.1) is 21.5 Å². The number of thioether (sulfide) groups is 1. The monoisotopic (exact) mass is 450 g/mol. The number of benzene rings is 1. The number of rotatable bonds is 7. The summed E-state index contributed by atoms with van der Waals surface area (Å²) in [6.45, 7) is 2.73. The number of hydrogen-bond acceptors (Lipinski definition) is 5. The molecule has 0 radical (unpaired) electrons. The molecule has 1 amide bonds. The van der Waals surface area contributed by atoms with E-state index < -0.39 is 0 Å². The lowest BCUT2D eigenvalue weighted by molar-refractivity contribution is -0.127. The van der Waals surface area contributed by atoms with Crippen molar-refractivity contribution in [3.63, 3.8) is 0 Å². The molecule has 8 heteroatoms. The zero-order valence-electron chi connectivity index (χ0n) is 14.6. The first-order valence-corrected chi connectivity index (χ1v) is 10.8. The van der Waals surface area contributed by atoms with Crippen molar-refractivity contribution in [1.29, 1.82) is 0 Å². The van der Waals surface area contributed by atoms with Crippen LogP contribution in [-0.2, 0) is 17.8 Å². The molecule has 0 saturated heterocycles. The van der Waals surface area contributed by atoms with Crippen molar-refractivity contribution in [2.75, 3.05) is 12.8 Å². The fourth-order valence-corrected chi connectivity index (χ4v) is 4.89. The minimum Gasteiger partial charge on any atom is -0.340 e. The van der Waals surface area contributed by atoms with Crippen LogP contribution in [0.4, 0.5) is 0 Å². The van der Waals surface area contributed by atoms with E-state index in [2.05, 4.69) is 45.2 Å². The van der Waals surface area contributed by atoms with Gasteiger partial charge in [0.2, 0.25) is 5.91 Å². The van der Waals surface area contributed by atoms with E-state index in [9.17, 15) is 4.79 Å². The second-order valence-corrected chi connectivity index (χ2v) is 8.59. The molecule has 2 heterocycles. The predicted octanol–water partition coefficient (Wildman–Crippen LogP) is 4.40. The van der Waals surface area contributed by atoms with Crippen LogP contribution < -0.4 is 0 Å². The van der Waals surface area contributed by atoms with Gasteiger partial charge in [-0.25, -0.2) is 0 Å². The van der Waals surface area contributed by atoms with Gasteiger partial charge in [-0.1, -0.05) is 36.9 Å². The first kappa shape index (κ1) is 19.1. The van der Waals surface area contributed by atoms with Gasteiger partial charge in [0.05, 0.1) is 18.0 Å². The average Bonchev–Trinajstić information content (AvgIpc) is 3.28. The van der Waals surface area contributed by atoms with E-state index in [-0.39, 0.29) is 5.91 Å². The molecule has 0 aliphatic heterocycles. The lowest BCUT2D eigenvalue weighted by atomic mass is 10.1. The maximum absolute atomic E-state index is 12.5. The van der Waals surface area contributed by atoms with Crippen molar-refractivity contribution in [1.82, 2.24) is 19.7 Å².